The van der Waals surface area contributed by atoms with Crippen LogP contribution < -0.4 is 5.73 Å². The Hall–Kier alpha value is -0.670. The summed E-state index contributed by atoms with van der Waals surface area (Å²) in [7, 11) is 6.24. The van der Waals surface area contributed by atoms with Crippen molar-refractivity contribution in [3.05, 3.63) is 12.7 Å². The van der Waals surface area contributed by atoms with Crippen molar-refractivity contribution in [2.45, 2.75) is 63.8 Å². The highest BCUT2D eigenvalue weighted by Crippen LogP contribution is 2.14. The zero-order chi connectivity index (χ0) is 15.4. The van der Waals surface area contributed by atoms with Crippen LogP contribution in [0.4, 0.5) is 0 Å². The number of carbonyl (C=O) groups excluding carboxylic acids is 1. The molecule has 0 fully saturated rings. The quantitative estimate of drug-likeness (QED) is 0.320. The fourth-order valence-electron chi connectivity index (χ4n) is 2.60. The average Bonchev–Trinajstić information content (AvgIpc) is 2.37. The highest BCUT2D eigenvalue weighted by Gasteiger charge is 2.29. The number of hydrogen-bond donors (Lipinski definition) is 1. The topological polar surface area (TPSA) is 43.1 Å². The zero-order valence-electron chi connectivity index (χ0n) is 13.9. The van der Waals surface area contributed by atoms with Gasteiger partial charge in [-0.2, -0.15) is 0 Å². The molecule has 0 radical (unpaired) electrons. The van der Waals surface area contributed by atoms with Crippen LogP contribution in [0.2, 0.25) is 0 Å². The van der Waals surface area contributed by atoms with Gasteiger partial charge in [0.2, 0.25) is 0 Å². The van der Waals surface area contributed by atoms with E-state index in [1.807, 2.05) is 6.08 Å². The van der Waals surface area contributed by atoms with Gasteiger partial charge in [-0.05, 0) is 25.8 Å². The van der Waals surface area contributed by atoms with Gasteiger partial charge in [0.25, 0.3) is 0 Å². The number of allylic oxidation sites excluding steroid dienone is 1. The standard InChI is InChI=1S/C17H35N2O/c1-5-6-7-8-9-10-11-12-13-17(20)16(14-15-18)19(2,3)4/h5,16H,1,6-15,18H2,2-4H3/q+1. The lowest BCUT2D eigenvalue weighted by molar-refractivity contribution is -0.886. The Bertz CT molecular complexity index is 269. The highest BCUT2D eigenvalue weighted by molar-refractivity contribution is 5.82. The second-order valence-electron chi connectivity index (χ2n) is 6.62. The number of quaternary nitrogens is 1. The van der Waals surface area contributed by atoms with E-state index >= 15 is 0 Å². The number of nitrogens with two attached hydrogens (primary N) is 1. The first kappa shape index (κ1) is 19.3. The first-order valence-electron chi connectivity index (χ1n) is 8.08. The number of likely N-dealkylation sites (N-methyl/N-ethyl adjacent to an activating group) is 1. The van der Waals surface area contributed by atoms with Crippen molar-refractivity contribution >= 4 is 5.78 Å². The van der Waals surface area contributed by atoms with Gasteiger partial charge in [0, 0.05) is 12.8 Å². The molecule has 0 spiro atoms. The summed E-state index contributed by atoms with van der Waals surface area (Å²) in [6.07, 6.45) is 11.9. The largest absolute Gasteiger partial charge is 0.330 e. The maximum Gasteiger partial charge on any atom is 0.189 e. The number of ketones is 1. The highest BCUT2D eigenvalue weighted by atomic mass is 16.1. The molecule has 0 aromatic rings. The van der Waals surface area contributed by atoms with E-state index in [0.29, 0.717) is 23.2 Å². The average molecular weight is 283 g/mol. The van der Waals surface area contributed by atoms with E-state index in [-0.39, 0.29) is 6.04 Å². The molecule has 0 saturated heterocycles. The van der Waals surface area contributed by atoms with Crippen LogP contribution in [-0.4, -0.2) is 44.0 Å². The number of unbranched alkanes of at least 4 members (excludes halogenated alkanes) is 6. The van der Waals surface area contributed by atoms with Crippen molar-refractivity contribution < 1.29 is 9.28 Å². The Morgan fingerprint density at radius 3 is 2.15 bits per heavy atom. The molecule has 1 unspecified atom stereocenters. The lowest BCUT2D eigenvalue weighted by Gasteiger charge is -2.33. The zero-order valence-corrected chi connectivity index (χ0v) is 13.9. The Kier molecular flexibility index (Phi) is 10.7. The van der Waals surface area contributed by atoms with Crippen LogP contribution in [0.1, 0.15) is 57.8 Å². The lowest BCUT2D eigenvalue weighted by atomic mass is 10.00. The van der Waals surface area contributed by atoms with Crippen molar-refractivity contribution in [1.82, 2.24) is 0 Å². The lowest BCUT2D eigenvalue weighted by Crippen LogP contribution is -2.50. The first-order valence-corrected chi connectivity index (χ1v) is 8.08. The molecule has 1 atom stereocenters. The Labute approximate surface area is 125 Å². The van der Waals surface area contributed by atoms with Crippen molar-refractivity contribution in [3.63, 3.8) is 0 Å². The molecular weight excluding hydrogens is 248 g/mol. The summed E-state index contributed by atoms with van der Waals surface area (Å²) in [5, 5.41) is 0. The van der Waals surface area contributed by atoms with Gasteiger partial charge in [0.1, 0.15) is 6.04 Å². The van der Waals surface area contributed by atoms with E-state index in [9.17, 15) is 4.79 Å². The summed E-state index contributed by atoms with van der Waals surface area (Å²) < 4.78 is 0.692. The molecule has 0 aromatic carbocycles. The van der Waals surface area contributed by atoms with Crippen LogP contribution in [0.25, 0.3) is 0 Å². The maximum absolute atomic E-state index is 12.3. The van der Waals surface area contributed by atoms with Gasteiger partial charge in [-0.3, -0.25) is 4.79 Å². The fourth-order valence-corrected chi connectivity index (χ4v) is 2.60. The van der Waals surface area contributed by atoms with E-state index in [4.69, 9.17) is 5.73 Å². The number of carbonyl (C=O) groups is 1. The normalized spacial score (nSPS) is 13.2. The Morgan fingerprint density at radius 1 is 1.10 bits per heavy atom. The molecule has 3 heteroatoms. The molecule has 0 aromatic heterocycles. The third kappa shape index (κ3) is 9.27. The monoisotopic (exact) mass is 283 g/mol. The SMILES string of the molecule is C=CCCCCCCCCC(=O)C(CCN)[N+](C)(C)C. The van der Waals surface area contributed by atoms with E-state index < -0.39 is 0 Å². The van der Waals surface area contributed by atoms with Gasteiger partial charge < -0.3 is 10.2 Å². The molecule has 0 aliphatic heterocycles. The van der Waals surface area contributed by atoms with Crippen LogP contribution in [0.5, 0.6) is 0 Å². The summed E-state index contributed by atoms with van der Waals surface area (Å²) in [6.45, 7) is 4.32. The predicted octanol–water partition coefficient (Wildman–Crippen LogP) is 3.29. The van der Waals surface area contributed by atoms with Crippen molar-refractivity contribution in [2.75, 3.05) is 27.7 Å². The molecule has 0 rings (SSSR count). The molecule has 118 valence electrons. The van der Waals surface area contributed by atoms with E-state index in [2.05, 4.69) is 27.7 Å². The molecular formula is C17H35N2O+. The van der Waals surface area contributed by atoms with Crippen molar-refractivity contribution in [1.29, 1.82) is 0 Å². The molecule has 0 heterocycles. The number of Topliss-reactive ketones (excluding diaryl/α,β-unsaturated/α-hetero) is 1. The molecule has 20 heavy (non-hydrogen) atoms. The Balaban J connectivity index is 3.77. The minimum atomic E-state index is 0.0626. The predicted molar refractivity (Wildman–Crippen MR) is 87.6 cm³/mol. The second-order valence-corrected chi connectivity index (χ2v) is 6.62. The molecule has 0 aliphatic rings. The van der Waals surface area contributed by atoms with E-state index in [1.165, 1.54) is 32.1 Å². The first-order chi connectivity index (χ1) is 9.43. The molecule has 3 nitrogen and oxygen atoms in total. The van der Waals surface area contributed by atoms with Gasteiger partial charge in [0.05, 0.1) is 21.1 Å². The third-order valence-electron chi connectivity index (χ3n) is 3.83. The third-order valence-corrected chi connectivity index (χ3v) is 3.83. The smallest absolute Gasteiger partial charge is 0.189 e. The minimum Gasteiger partial charge on any atom is -0.330 e. The van der Waals surface area contributed by atoms with E-state index in [1.54, 1.807) is 0 Å². The van der Waals surface area contributed by atoms with Crippen LogP contribution >= 0.6 is 0 Å². The summed E-state index contributed by atoms with van der Waals surface area (Å²) >= 11 is 0. The van der Waals surface area contributed by atoms with Crippen LogP contribution in [0.15, 0.2) is 12.7 Å². The van der Waals surface area contributed by atoms with E-state index in [0.717, 1.165) is 19.3 Å². The second kappa shape index (κ2) is 11.0. The minimum absolute atomic E-state index is 0.0626. The summed E-state index contributed by atoms with van der Waals surface area (Å²) in [4.78, 5) is 12.3. The number of rotatable bonds is 13. The van der Waals surface area contributed by atoms with Crippen molar-refractivity contribution in [3.8, 4) is 0 Å². The van der Waals surface area contributed by atoms with Crippen LogP contribution in [0, 0.1) is 0 Å². The summed E-state index contributed by atoms with van der Waals surface area (Å²) in [5.74, 6) is 0.384. The van der Waals surface area contributed by atoms with Crippen LogP contribution in [-0.2, 0) is 4.79 Å². The van der Waals surface area contributed by atoms with Gasteiger partial charge in [0.15, 0.2) is 5.78 Å². The number of nitrogens with zero attached hydrogens (tertiary/aromatic N) is 1. The molecule has 0 bridgehead atoms. The molecule has 0 saturated carbocycles. The Morgan fingerprint density at radius 2 is 1.65 bits per heavy atom. The van der Waals surface area contributed by atoms with Gasteiger partial charge in [-0.15, -0.1) is 6.58 Å². The fraction of sp³-hybridized carbons (Fsp3) is 0.824. The molecule has 2 N–H and O–H groups in total. The molecule has 0 aliphatic carbocycles. The molecule has 0 amide bonds. The number of hydrogen-bond acceptors (Lipinski definition) is 2. The van der Waals surface area contributed by atoms with Crippen molar-refractivity contribution in [2.24, 2.45) is 5.73 Å². The summed E-state index contributed by atoms with van der Waals surface area (Å²) in [5.41, 5.74) is 5.63. The maximum atomic E-state index is 12.3. The van der Waals surface area contributed by atoms with Gasteiger partial charge >= 0.3 is 0 Å². The summed E-state index contributed by atoms with van der Waals surface area (Å²) in [6, 6.07) is 0.0626. The van der Waals surface area contributed by atoms with Gasteiger partial charge in [-0.1, -0.05) is 31.8 Å². The van der Waals surface area contributed by atoms with Crippen LogP contribution in [0.3, 0.4) is 0 Å². The van der Waals surface area contributed by atoms with Gasteiger partial charge in [-0.25, -0.2) is 0 Å².